The molecule has 2 aromatic carbocycles. The van der Waals surface area contributed by atoms with Crippen molar-refractivity contribution in [2.24, 2.45) is 0 Å². The third-order valence-corrected chi connectivity index (χ3v) is 7.48. The molecule has 0 fully saturated rings. The molecule has 0 heterocycles. The van der Waals surface area contributed by atoms with Gasteiger partial charge in [0.05, 0.1) is 0 Å². The molecule has 0 saturated carbocycles. The molecule has 96 valence electrons. The Morgan fingerprint density at radius 1 is 0.944 bits per heavy atom. The molecule has 0 N–H and O–H groups in total. The van der Waals surface area contributed by atoms with Crippen LogP contribution in [0.2, 0.25) is 19.6 Å². The monoisotopic (exact) mass is 282 g/mol. The second-order valence-corrected chi connectivity index (χ2v) is 12.1. The number of alkyl halides is 2. The fourth-order valence-electron chi connectivity index (χ4n) is 1.53. The molecule has 0 aliphatic rings. The van der Waals surface area contributed by atoms with E-state index in [9.17, 15) is 8.78 Å². The van der Waals surface area contributed by atoms with E-state index in [4.69, 9.17) is 0 Å². The number of fused-ring (bicyclic) bond motifs is 1. The second kappa shape index (κ2) is 4.66. The van der Waals surface area contributed by atoms with Crippen molar-refractivity contribution >= 4 is 30.6 Å². The molecule has 4 heteroatoms. The Kier molecular flexibility index (Phi) is 3.51. The van der Waals surface area contributed by atoms with E-state index in [1.807, 2.05) is 36.4 Å². The van der Waals surface area contributed by atoms with E-state index in [-0.39, 0.29) is 0 Å². The quantitative estimate of drug-likeness (QED) is 0.536. The largest absolute Gasteiger partial charge is 0.276 e. The van der Waals surface area contributed by atoms with Gasteiger partial charge < -0.3 is 0 Å². The molecule has 0 bridgehead atoms. The Morgan fingerprint density at radius 2 is 1.56 bits per heavy atom. The van der Waals surface area contributed by atoms with Crippen LogP contribution in [0.4, 0.5) is 8.78 Å². The zero-order chi connectivity index (χ0) is 13.4. The lowest BCUT2D eigenvalue weighted by Gasteiger charge is -2.27. The summed E-state index contributed by atoms with van der Waals surface area (Å²) in [5.41, 5.74) is 0. The van der Waals surface area contributed by atoms with Crippen molar-refractivity contribution in [2.75, 3.05) is 0 Å². The fraction of sp³-hybridized carbons (Fsp3) is 0.286. The van der Waals surface area contributed by atoms with Crippen molar-refractivity contribution in [3.05, 3.63) is 42.5 Å². The van der Waals surface area contributed by atoms with Crippen LogP contribution in [0, 0.1) is 0 Å². The first-order valence-corrected chi connectivity index (χ1v) is 10.2. The Labute approximate surface area is 111 Å². The Morgan fingerprint density at radius 3 is 2.17 bits per heavy atom. The molecular weight excluding hydrogens is 266 g/mol. The maximum Gasteiger partial charge on any atom is 0.276 e. The van der Waals surface area contributed by atoms with Crippen molar-refractivity contribution in [3.8, 4) is 0 Å². The molecule has 0 aliphatic heterocycles. The smallest absolute Gasteiger partial charge is 0.199 e. The van der Waals surface area contributed by atoms with Gasteiger partial charge in [0.1, 0.15) is 8.07 Å². The number of hydrogen-bond donors (Lipinski definition) is 0. The molecule has 0 saturated heterocycles. The summed E-state index contributed by atoms with van der Waals surface area (Å²) in [6.07, 6.45) is 0. The first-order valence-electron chi connectivity index (χ1n) is 5.85. The summed E-state index contributed by atoms with van der Waals surface area (Å²) in [5.74, 6) is 0. The van der Waals surface area contributed by atoms with E-state index in [1.54, 1.807) is 25.7 Å². The minimum Gasteiger partial charge on any atom is -0.199 e. The average Bonchev–Trinajstić information content (AvgIpc) is 2.27. The van der Waals surface area contributed by atoms with E-state index in [2.05, 4.69) is 0 Å². The molecule has 18 heavy (non-hydrogen) atoms. The summed E-state index contributed by atoms with van der Waals surface area (Å²) < 4.78 is 28.1. The van der Waals surface area contributed by atoms with Gasteiger partial charge >= 0.3 is 0 Å². The second-order valence-electron chi connectivity index (χ2n) is 5.38. The van der Waals surface area contributed by atoms with Gasteiger partial charge in [-0.15, -0.1) is 0 Å². The van der Waals surface area contributed by atoms with Crippen LogP contribution in [0.5, 0.6) is 0 Å². The standard InChI is InChI=1S/C14H16F2SSi/c1-18(2,3)14(15,16)17-13-9-8-11-6-4-5-7-12(11)10-13/h4-10H,1-3H3. The molecule has 0 atom stereocenters. The number of hydrogen-bond acceptors (Lipinski definition) is 1. The van der Waals surface area contributed by atoms with Crippen LogP contribution in [0.15, 0.2) is 47.4 Å². The van der Waals surface area contributed by atoms with E-state index in [1.165, 1.54) is 0 Å². The molecular formula is C14H16F2SSi. The molecule has 0 aromatic heterocycles. The van der Waals surface area contributed by atoms with E-state index in [0.29, 0.717) is 16.7 Å². The zero-order valence-electron chi connectivity index (χ0n) is 10.7. The SMILES string of the molecule is C[Si](C)(C)C(F)(F)Sc1ccc2ccccc2c1. The van der Waals surface area contributed by atoms with Crippen LogP contribution in [0.25, 0.3) is 10.8 Å². The third kappa shape index (κ3) is 2.75. The first kappa shape index (κ1) is 13.6. The lowest BCUT2D eigenvalue weighted by Crippen LogP contribution is -2.42. The van der Waals surface area contributed by atoms with Gasteiger partial charge in [0, 0.05) is 4.90 Å². The average molecular weight is 282 g/mol. The number of halogens is 2. The summed E-state index contributed by atoms with van der Waals surface area (Å²) in [6.45, 7) is 5.09. The molecule has 0 spiro atoms. The normalized spacial score (nSPS) is 12.9. The van der Waals surface area contributed by atoms with Gasteiger partial charge in [0.25, 0.3) is 4.88 Å². The van der Waals surface area contributed by atoms with Crippen LogP contribution >= 0.6 is 11.8 Å². The number of thioether (sulfide) groups is 1. The predicted octanol–water partition coefficient (Wildman–Crippen LogP) is 5.40. The van der Waals surface area contributed by atoms with Gasteiger partial charge in [0.2, 0.25) is 0 Å². The molecule has 0 aliphatic carbocycles. The maximum absolute atomic E-state index is 14.0. The van der Waals surface area contributed by atoms with Gasteiger partial charge in [-0.3, -0.25) is 0 Å². The van der Waals surface area contributed by atoms with Crippen LogP contribution in [0.1, 0.15) is 0 Å². The first-order chi connectivity index (χ1) is 8.29. The van der Waals surface area contributed by atoms with E-state index >= 15 is 0 Å². The molecule has 2 aromatic rings. The van der Waals surface area contributed by atoms with Crippen molar-refractivity contribution in [3.63, 3.8) is 0 Å². The summed E-state index contributed by atoms with van der Waals surface area (Å²) in [5, 5.41) is 2.09. The van der Waals surface area contributed by atoms with E-state index < -0.39 is 13.0 Å². The van der Waals surface area contributed by atoms with Crippen LogP contribution in [-0.2, 0) is 0 Å². The zero-order valence-corrected chi connectivity index (χ0v) is 12.5. The Hall–Kier alpha value is -0.873. The van der Waals surface area contributed by atoms with E-state index in [0.717, 1.165) is 10.8 Å². The van der Waals surface area contributed by atoms with Crippen LogP contribution in [-0.4, -0.2) is 13.0 Å². The lowest BCUT2D eigenvalue weighted by atomic mass is 10.1. The van der Waals surface area contributed by atoms with Crippen molar-refractivity contribution < 1.29 is 8.78 Å². The number of benzene rings is 2. The van der Waals surface area contributed by atoms with Gasteiger partial charge in [-0.05, 0) is 22.9 Å². The lowest BCUT2D eigenvalue weighted by molar-refractivity contribution is 0.188. The molecule has 0 unspecified atom stereocenters. The van der Waals surface area contributed by atoms with Gasteiger partial charge in [-0.2, -0.15) is 8.78 Å². The molecule has 2 rings (SSSR count). The molecule has 0 nitrogen and oxygen atoms in total. The minimum absolute atomic E-state index is 0.640. The van der Waals surface area contributed by atoms with Gasteiger partial charge in [-0.1, -0.05) is 61.7 Å². The summed E-state index contributed by atoms with van der Waals surface area (Å²) in [4.78, 5) is -2.00. The molecule has 0 radical (unpaired) electrons. The highest BCUT2D eigenvalue weighted by Gasteiger charge is 2.45. The predicted molar refractivity (Wildman–Crippen MR) is 78.1 cm³/mol. The minimum atomic E-state index is -2.64. The summed E-state index contributed by atoms with van der Waals surface area (Å²) in [7, 11) is -2.51. The van der Waals surface area contributed by atoms with Crippen molar-refractivity contribution in [1.29, 1.82) is 0 Å². The highest BCUT2D eigenvalue weighted by Crippen LogP contribution is 2.43. The van der Waals surface area contributed by atoms with Gasteiger partial charge in [0.15, 0.2) is 0 Å². The third-order valence-electron chi connectivity index (χ3n) is 2.84. The highest BCUT2D eigenvalue weighted by molar-refractivity contribution is 8.02. The van der Waals surface area contributed by atoms with Crippen molar-refractivity contribution in [2.45, 2.75) is 29.4 Å². The summed E-state index contributed by atoms with van der Waals surface area (Å²) in [6, 6.07) is 13.3. The Bertz CT molecular complexity index is 561. The summed E-state index contributed by atoms with van der Waals surface area (Å²) >= 11 is 0.696. The van der Waals surface area contributed by atoms with Crippen LogP contribution < -0.4 is 0 Å². The highest BCUT2D eigenvalue weighted by atomic mass is 32.2. The number of rotatable bonds is 3. The van der Waals surface area contributed by atoms with Crippen molar-refractivity contribution in [1.82, 2.24) is 0 Å². The van der Waals surface area contributed by atoms with Gasteiger partial charge in [-0.25, -0.2) is 0 Å². The topological polar surface area (TPSA) is 0 Å². The Balaban J connectivity index is 2.33. The fourth-order valence-corrected chi connectivity index (χ4v) is 3.73. The van der Waals surface area contributed by atoms with Crippen LogP contribution in [0.3, 0.4) is 0 Å². The maximum atomic E-state index is 14.0. The molecule has 0 amide bonds.